The molecule has 2 atom stereocenters. The zero-order chi connectivity index (χ0) is 38.0. The molecule has 0 saturated heterocycles. The van der Waals surface area contributed by atoms with Crippen LogP contribution in [0.25, 0.3) is 0 Å². The maximum Gasteiger partial charge on any atom is 0.305 e. The van der Waals surface area contributed by atoms with Crippen LogP contribution in [0, 0.1) is 0 Å². The van der Waals surface area contributed by atoms with E-state index in [1.54, 1.807) is 0 Å². The highest BCUT2D eigenvalue weighted by Gasteiger charge is 2.20. The van der Waals surface area contributed by atoms with Crippen molar-refractivity contribution in [1.29, 1.82) is 0 Å². The molecule has 6 nitrogen and oxygen atoms in total. The van der Waals surface area contributed by atoms with Gasteiger partial charge < -0.3 is 20.3 Å². The van der Waals surface area contributed by atoms with Gasteiger partial charge in [0.2, 0.25) is 5.91 Å². The molecule has 6 heteroatoms. The van der Waals surface area contributed by atoms with Gasteiger partial charge in [0.25, 0.3) is 0 Å². The molecule has 0 heterocycles. The quantitative estimate of drug-likeness (QED) is 0.0331. The second kappa shape index (κ2) is 41.8. The molecule has 304 valence electrons. The number of rotatable bonds is 40. The number of aliphatic hydroxyl groups is 2. The summed E-state index contributed by atoms with van der Waals surface area (Å²) in [4.78, 5) is 24.3. The molecule has 1 amide bonds. The molecule has 0 spiro atoms. The summed E-state index contributed by atoms with van der Waals surface area (Å²) in [5, 5.41) is 23.0. The van der Waals surface area contributed by atoms with Crippen LogP contribution in [0.15, 0.2) is 36.5 Å². The summed E-state index contributed by atoms with van der Waals surface area (Å²) in [6, 6.07) is -0.561. The lowest BCUT2D eigenvalue weighted by Gasteiger charge is -2.22. The van der Waals surface area contributed by atoms with E-state index >= 15 is 0 Å². The number of unbranched alkanes of at least 4 members (excludes halogenated alkanes) is 23. The number of amides is 1. The van der Waals surface area contributed by atoms with Gasteiger partial charge in [0, 0.05) is 12.8 Å². The molecule has 0 radical (unpaired) electrons. The van der Waals surface area contributed by atoms with Crippen molar-refractivity contribution in [2.75, 3.05) is 13.2 Å². The molecule has 0 saturated carbocycles. The Morgan fingerprint density at radius 1 is 0.538 bits per heavy atom. The van der Waals surface area contributed by atoms with Gasteiger partial charge in [0.05, 0.1) is 25.4 Å². The normalized spacial score (nSPS) is 13.1. The predicted molar refractivity (Wildman–Crippen MR) is 222 cm³/mol. The van der Waals surface area contributed by atoms with Crippen molar-refractivity contribution in [2.24, 2.45) is 0 Å². The molecule has 0 aliphatic heterocycles. The average Bonchev–Trinajstić information content (AvgIpc) is 3.14. The van der Waals surface area contributed by atoms with E-state index in [1.165, 1.54) is 89.9 Å². The van der Waals surface area contributed by atoms with Crippen LogP contribution in [0.3, 0.4) is 0 Å². The molecule has 0 aromatic carbocycles. The van der Waals surface area contributed by atoms with Crippen LogP contribution in [0.1, 0.15) is 219 Å². The van der Waals surface area contributed by atoms with Gasteiger partial charge in [-0.3, -0.25) is 9.59 Å². The molecule has 0 aromatic rings. The highest BCUT2D eigenvalue weighted by Crippen LogP contribution is 2.14. The first-order chi connectivity index (χ1) is 25.5. The molecule has 0 bridgehead atoms. The van der Waals surface area contributed by atoms with Gasteiger partial charge in [-0.1, -0.05) is 159 Å². The van der Waals surface area contributed by atoms with Crippen molar-refractivity contribution in [3.63, 3.8) is 0 Å². The Balaban J connectivity index is 3.53. The minimum absolute atomic E-state index is 0.0467. The Hall–Kier alpha value is -1.92. The minimum Gasteiger partial charge on any atom is -0.466 e. The van der Waals surface area contributed by atoms with E-state index in [0.717, 1.165) is 96.3 Å². The van der Waals surface area contributed by atoms with Crippen molar-refractivity contribution in [2.45, 2.75) is 231 Å². The lowest BCUT2D eigenvalue weighted by Crippen LogP contribution is -2.45. The van der Waals surface area contributed by atoms with E-state index in [9.17, 15) is 19.8 Å². The smallest absolute Gasteiger partial charge is 0.305 e. The fourth-order valence-electron chi connectivity index (χ4n) is 6.42. The third-order valence-corrected chi connectivity index (χ3v) is 9.91. The summed E-state index contributed by atoms with van der Waals surface area (Å²) in [7, 11) is 0. The molecular weight excluding hydrogens is 647 g/mol. The van der Waals surface area contributed by atoms with Gasteiger partial charge in [0.1, 0.15) is 0 Å². The van der Waals surface area contributed by atoms with Gasteiger partial charge in [-0.05, 0) is 83.5 Å². The first-order valence-corrected chi connectivity index (χ1v) is 22.2. The number of ether oxygens (including phenoxy) is 1. The lowest BCUT2D eigenvalue weighted by atomic mass is 10.0. The van der Waals surface area contributed by atoms with Crippen LogP contribution in [0.4, 0.5) is 0 Å². The van der Waals surface area contributed by atoms with Crippen molar-refractivity contribution in [3.05, 3.63) is 36.5 Å². The predicted octanol–water partition coefficient (Wildman–Crippen LogP) is 12.6. The molecule has 52 heavy (non-hydrogen) atoms. The minimum atomic E-state index is -0.681. The van der Waals surface area contributed by atoms with E-state index in [2.05, 4.69) is 55.6 Å². The van der Waals surface area contributed by atoms with Gasteiger partial charge in [-0.25, -0.2) is 0 Å². The van der Waals surface area contributed by atoms with E-state index in [1.807, 2.05) is 0 Å². The van der Waals surface area contributed by atoms with Crippen molar-refractivity contribution in [3.8, 4) is 0 Å². The van der Waals surface area contributed by atoms with E-state index in [4.69, 9.17) is 4.74 Å². The highest BCUT2D eigenvalue weighted by molar-refractivity contribution is 5.76. The number of allylic oxidation sites excluding steroid dienone is 6. The van der Waals surface area contributed by atoms with Crippen LogP contribution in [-0.4, -0.2) is 47.4 Å². The van der Waals surface area contributed by atoms with E-state index < -0.39 is 12.1 Å². The first kappa shape index (κ1) is 50.1. The summed E-state index contributed by atoms with van der Waals surface area (Å²) in [6.07, 6.45) is 48.2. The third kappa shape index (κ3) is 37.8. The van der Waals surface area contributed by atoms with E-state index in [-0.39, 0.29) is 18.5 Å². The standard InChI is InChI=1S/C46H85NO5/c1-3-5-7-9-11-13-14-15-16-17-20-24-28-32-36-40-46(51)52-41-37-33-29-25-21-18-19-23-27-31-35-39-45(50)47-43(42-48)44(49)38-34-30-26-22-12-10-8-6-4-2/h11,13,15-16,21,25,43-44,48-49H,3-10,12,14,17-20,22-24,26-42H2,1-2H3,(H,47,50)/b13-11-,16-15-,25-21-. The lowest BCUT2D eigenvalue weighted by molar-refractivity contribution is -0.143. The second-order valence-electron chi connectivity index (χ2n) is 15.0. The summed E-state index contributed by atoms with van der Waals surface area (Å²) < 4.78 is 5.41. The first-order valence-electron chi connectivity index (χ1n) is 22.2. The zero-order valence-corrected chi connectivity index (χ0v) is 34.3. The molecule has 0 rings (SSSR count). The maximum atomic E-state index is 12.3. The number of aliphatic hydroxyl groups excluding tert-OH is 2. The summed E-state index contributed by atoms with van der Waals surface area (Å²) in [5.74, 6) is -0.116. The second-order valence-corrected chi connectivity index (χ2v) is 15.0. The molecule has 3 N–H and O–H groups in total. The topological polar surface area (TPSA) is 95.9 Å². The monoisotopic (exact) mass is 732 g/mol. The van der Waals surface area contributed by atoms with Gasteiger partial charge in [0.15, 0.2) is 0 Å². The largest absolute Gasteiger partial charge is 0.466 e. The Labute approximate surface area is 322 Å². The SMILES string of the molecule is CCCCC/C=C\C/C=C\CCCCCCCC(=O)OCCCC/C=C\CCCCCCCC(=O)NC(CO)C(O)CCCCCCCCCCC. The molecule has 2 unspecified atom stereocenters. The van der Waals surface area contributed by atoms with Crippen LogP contribution in [-0.2, 0) is 14.3 Å². The Bertz CT molecular complexity index is 854. The van der Waals surface area contributed by atoms with Crippen LogP contribution in [0.5, 0.6) is 0 Å². The number of nitrogens with one attached hydrogen (secondary N) is 1. The van der Waals surface area contributed by atoms with Gasteiger partial charge in [-0.2, -0.15) is 0 Å². The average molecular weight is 732 g/mol. The summed E-state index contributed by atoms with van der Waals surface area (Å²) >= 11 is 0. The number of hydrogen-bond acceptors (Lipinski definition) is 5. The Kier molecular flexibility index (Phi) is 40.3. The summed E-state index contributed by atoms with van der Waals surface area (Å²) in [5.41, 5.74) is 0. The van der Waals surface area contributed by atoms with Crippen LogP contribution < -0.4 is 5.32 Å². The Morgan fingerprint density at radius 2 is 0.962 bits per heavy atom. The number of esters is 1. The third-order valence-electron chi connectivity index (χ3n) is 9.91. The Morgan fingerprint density at radius 3 is 1.52 bits per heavy atom. The fourth-order valence-corrected chi connectivity index (χ4v) is 6.42. The zero-order valence-electron chi connectivity index (χ0n) is 34.3. The fraction of sp³-hybridized carbons (Fsp3) is 0.826. The summed E-state index contributed by atoms with van der Waals surface area (Å²) in [6.45, 7) is 4.80. The molecule has 0 aliphatic rings. The van der Waals surface area contributed by atoms with Crippen LogP contribution >= 0.6 is 0 Å². The van der Waals surface area contributed by atoms with Crippen molar-refractivity contribution < 1.29 is 24.5 Å². The molecule has 0 aromatic heterocycles. The number of carbonyl (C=O) groups excluding carboxylic acids is 2. The van der Waals surface area contributed by atoms with Crippen molar-refractivity contribution >= 4 is 11.9 Å². The van der Waals surface area contributed by atoms with Crippen LogP contribution in [0.2, 0.25) is 0 Å². The number of carbonyl (C=O) groups is 2. The highest BCUT2D eigenvalue weighted by atomic mass is 16.5. The van der Waals surface area contributed by atoms with Crippen molar-refractivity contribution in [1.82, 2.24) is 5.32 Å². The molecule has 0 fully saturated rings. The molecule has 0 aliphatic carbocycles. The van der Waals surface area contributed by atoms with Gasteiger partial charge >= 0.3 is 5.97 Å². The molecular formula is C46H85NO5. The van der Waals surface area contributed by atoms with E-state index in [0.29, 0.717) is 25.9 Å². The number of hydrogen-bond donors (Lipinski definition) is 3. The maximum absolute atomic E-state index is 12.3. The van der Waals surface area contributed by atoms with Gasteiger partial charge in [-0.15, -0.1) is 0 Å².